The number of rotatable bonds is 7. The number of anilines is 4. The van der Waals surface area contributed by atoms with Gasteiger partial charge in [-0.2, -0.15) is 31.7 Å². The third-order valence-electron chi connectivity index (χ3n) is 5.25. The van der Waals surface area contributed by atoms with Gasteiger partial charge in [0.05, 0.1) is 0 Å². The minimum absolute atomic E-state index is 0.109. The summed E-state index contributed by atoms with van der Waals surface area (Å²) in [6, 6.07) is 10.3. The van der Waals surface area contributed by atoms with Gasteiger partial charge in [0.1, 0.15) is 0 Å². The SMILES string of the molecule is CC(C)SCC1CCN(c2nc(-c3nc(N)nc(N(C)c4ccccc4)n3)no2)CC1. The zero-order chi connectivity index (χ0) is 21.8. The molecule has 9 nitrogen and oxygen atoms in total. The molecule has 0 spiro atoms. The molecule has 164 valence electrons. The Balaban J connectivity index is 1.46. The normalized spacial score (nSPS) is 14.9. The van der Waals surface area contributed by atoms with E-state index in [1.807, 2.05) is 54.0 Å². The third-order valence-corrected chi connectivity index (χ3v) is 6.58. The number of nitrogens with two attached hydrogens (primary N) is 1. The molecule has 0 atom stereocenters. The first-order valence-corrected chi connectivity index (χ1v) is 11.6. The van der Waals surface area contributed by atoms with Gasteiger partial charge in [0.2, 0.25) is 23.5 Å². The minimum atomic E-state index is 0.109. The molecule has 0 saturated carbocycles. The van der Waals surface area contributed by atoms with Gasteiger partial charge in [-0.15, -0.1) is 0 Å². The van der Waals surface area contributed by atoms with Gasteiger partial charge in [0.25, 0.3) is 0 Å². The summed E-state index contributed by atoms with van der Waals surface area (Å²) in [6.45, 7) is 6.31. The highest BCUT2D eigenvalue weighted by molar-refractivity contribution is 7.99. The van der Waals surface area contributed by atoms with Crippen LogP contribution in [0.5, 0.6) is 0 Å². The van der Waals surface area contributed by atoms with E-state index in [9.17, 15) is 0 Å². The molecule has 31 heavy (non-hydrogen) atoms. The highest BCUT2D eigenvalue weighted by Gasteiger charge is 2.24. The van der Waals surface area contributed by atoms with Crippen molar-refractivity contribution in [1.82, 2.24) is 25.1 Å². The number of hydrogen-bond donors (Lipinski definition) is 1. The summed E-state index contributed by atoms with van der Waals surface area (Å²) in [6.07, 6.45) is 2.25. The summed E-state index contributed by atoms with van der Waals surface area (Å²) >= 11 is 2.03. The lowest BCUT2D eigenvalue weighted by Gasteiger charge is -2.30. The number of benzene rings is 1. The fourth-order valence-electron chi connectivity index (χ4n) is 3.45. The molecule has 1 fully saturated rings. The maximum absolute atomic E-state index is 5.94. The van der Waals surface area contributed by atoms with Crippen molar-refractivity contribution in [2.45, 2.75) is 31.9 Å². The fourth-order valence-corrected chi connectivity index (χ4v) is 4.44. The van der Waals surface area contributed by atoms with Gasteiger partial charge in [0, 0.05) is 25.8 Å². The van der Waals surface area contributed by atoms with E-state index in [-0.39, 0.29) is 5.95 Å². The molecule has 0 radical (unpaired) electrons. The first-order valence-electron chi connectivity index (χ1n) is 10.5. The molecule has 4 rings (SSSR count). The monoisotopic (exact) mass is 440 g/mol. The van der Waals surface area contributed by atoms with Crippen LogP contribution in [0.4, 0.5) is 23.6 Å². The Morgan fingerprint density at radius 2 is 1.84 bits per heavy atom. The zero-order valence-electron chi connectivity index (χ0n) is 18.1. The number of nitrogen functional groups attached to an aromatic ring is 1. The Morgan fingerprint density at radius 1 is 1.10 bits per heavy atom. The van der Waals surface area contributed by atoms with Gasteiger partial charge >= 0.3 is 6.01 Å². The molecule has 0 aliphatic carbocycles. The van der Waals surface area contributed by atoms with Crippen molar-refractivity contribution in [1.29, 1.82) is 0 Å². The molecule has 3 aromatic rings. The van der Waals surface area contributed by atoms with Crippen LogP contribution in [-0.4, -0.2) is 56.2 Å². The van der Waals surface area contributed by atoms with Crippen LogP contribution in [0.3, 0.4) is 0 Å². The lowest BCUT2D eigenvalue weighted by atomic mass is 9.99. The zero-order valence-corrected chi connectivity index (χ0v) is 18.9. The summed E-state index contributed by atoms with van der Waals surface area (Å²) in [4.78, 5) is 21.5. The Labute approximate surface area is 186 Å². The summed E-state index contributed by atoms with van der Waals surface area (Å²) in [5, 5.41) is 4.77. The predicted molar refractivity (Wildman–Crippen MR) is 125 cm³/mol. The molecule has 0 bridgehead atoms. The van der Waals surface area contributed by atoms with Crippen molar-refractivity contribution in [3.05, 3.63) is 30.3 Å². The molecular weight excluding hydrogens is 412 g/mol. The van der Waals surface area contributed by atoms with Crippen molar-refractivity contribution in [2.24, 2.45) is 5.92 Å². The Morgan fingerprint density at radius 3 is 2.55 bits per heavy atom. The molecule has 2 N–H and O–H groups in total. The molecule has 1 saturated heterocycles. The molecule has 2 aromatic heterocycles. The number of piperidine rings is 1. The second-order valence-corrected chi connectivity index (χ2v) is 9.53. The molecule has 1 aliphatic rings. The van der Waals surface area contributed by atoms with Crippen molar-refractivity contribution in [3.8, 4) is 11.6 Å². The minimum Gasteiger partial charge on any atom is -0.368 e. The quantitative estimate of drug-likeness (QED) is 0.584. The molecule has 1 aromatic carbocycles. The lowest BCUT2D eigenvalue weighted by molar-refractivity contribution is 0.379. The van der Waals surface area contributed by atoms with Crippen molar-refractivity contribution < 1.29 is 4.52 Å². The number of para-hydroxylation sites is 1. The van der Waals surface area contributed by atoms with Crippen LogP contribution in [0.1, 0.15) is 26.7 Å². The molecule has 1 aliphatic heterocycles. The Hall–Kier alpha value is -2.88. The largest absolute Gasteiger partial charge is 0.368 e. The van der Waals surface area contributed by atoms with E-state index >= 15 is 0 Å². The molecule has 0 amide bonds. The molecular formula is C21H28N8OS. The van der Waals surface area contributed by atoms with Crippen molar-refractivity contribution >= 4 is 35.4 Å². The van der Waals surface area contributed by atoms with E-state index in [0.29, 0.717) is 28.9 Å². The number of thioether (sulfide) groups is 1. The number of aromatic nitrogens is 5. The molecule has 3 heterocycles. The first kappa shape index (κ1) is 21.4. The van der Waals surface area contributed by atoms with Crippen LogP contribution in [0, 0.1) is 5.92 Å². The van der Waals surface area contributed by atoms with E-state index in [1.54, 1.807) is 0 Å². The van der Waals surface area contributed by atoms with Crippen LogP contribution in [-0.2, 0) is 0 Å². The van der Waals surface area contributed by atoms with Crippen molar-refractivity contribution in [2.75, 3.05) is 41.4 Å². The number of nitrogens with zero attached hydrogens (tertiary/aromatic N) is 7. The second-order valence-electron chi connectivity index (χ2n) is 7.92. The lowest BCUT2D eigenvalue weighted by Crippen LogP contribution is -2.34. The van der Waals surface area contributed by atoms with Crippen LogP contribution in [0.2, 0.25) is 0 Å². The molecule has 10 heteroatoms. The topological polar surface area (TPSA) is 110 Å². The highest BCUT2D eigenvalue weighted by atomic mass is 32.2. The van der Waals surface area contributed by atoms with Gasteiger partial charge in [-0.05, 0) is 41.9 Å². The fraction of sp³-hybridized carbons (Fsp3) is 0.476. The average molecular weight is 441 g/mol. The second kappa shape index (κ2) is 9.51. The van der Waals surface area contributed by atoms with Crippen molar-refractivity contribution in [3.63, 3.8) is 0 Å². The summed E-state index contributed by atoms with van der Waals surface area (Å²) < 4.78 is 5.52. The smallest absolute Gasteiger partial charge is 0.324 e. The van der Waals surface area contributed by atoms with Crippen LogP contribution < -0.4 is 15.5 Å². The summed E-state index contributed by atoms with van der Waals surface area (Å²) in [5.74, 6) is 3.09. The van der Waals surface area contributed by atoms with E-state index in [0.717, 1.165) is 37.5 Å². The Bertz CT molecular complexity index is 988. The van der Waals surface area contributed by atoms with Crippen LogP contribution in [0.15, 0.2) is 34.9 Å². The van der Waals surface area contributed by atoms with E-state index < -0.39 is 0 Å². The Kier molecular flexibility index (Phi) is 6.55. The predicted octanol–water partition coefficient (Wildman–Crippen LogP) is 3.63. The summed E-state index contributed by atoms with van der Waals surface area (Å²) in [7, 11) is 1.87. The highest BCUT2D eigenvalue weighted by Crippen LogP contribution is 2.28. The number of hydrogen-bond acceptors (Lipinski definition) is 10. The van der Waals surface area contributed by atoms with Gasteiger partial charge in [-0.1, -0.05) is 37.2 Å². The van der Waals surface area contributed by atoms with Gasteiger partial charge in [-0.3, -0.25) is 0 Å². The van der Waals surface area contributed by atoms with Crippen LogP contribution in [0.25, 0.3) is 11.6 Å². The first-order chi connectivity index (χ1) is 15.0. The van der Waals surface area contributed by atoms with E-state index in [1.165, 1.54) is 5.75 Å². The maximum atomic E-state index is 5.94. The molecule has 0 unspecified atom stereocenters. The van der Waals surface area contributed by atoms with Crippen LogP contribution >= 0.6 is 11.8 Å². The van der Waals surface area contributed by atoms with Gasteiger partial charge in [0.15, 0.2) is 0 Å². The van der Waals surface area contributed by atoms with E-state index in [2.05, 4.69) is 43.8 Å². The third kappa shape index (κ3) is 5.25. The standard InChI is InChI=1S/C21H28N8OS/c1-14(2)31-13-15-9-11-29(12-10-15)21-25-18(27-30-21)17-23-19(22)26-20(24-17)28(3)16-7-5-4-6-8-16/h4-8,14-15H,9-13H2,1-3H3,(H2,22,23,24,26). The van der Waals surface area contributed by atoms with Gasteiger partial charge < -0.3 is 20.1 Å². The maximum Gasteiger partial charge on any atom is 0.324 e. The van der Waals surface area contributed by atoms with Gasteiger partial charge in [-0.25, -0.2) is 0 Å². The average Bonchev–Trinajstić information content (AvgIpc) is 3.28. The summed E-state index contributed by atoms with van der Waals surface area (Å²) in [5.41, 5.74) is 6.88. The van der Waals surface area contributed by atoms with E-state index in [4.69, 9.17) is 10.3 Å².